The van der Waals surface area contributed by atoms with Gasteiger partial charge in [0.2, 0.25) is 15.9 Å². The van der Waals surface area contributed by atoms with Crippen molar-refractivity contribution >= 4 is 39.2 Å². The van der Waals surface area contributed by atoms with Crippen LogP contribution in [0, 0.1) is 5.92 Å². The van der Waals surface area contributed by atoms with Gasteiger partial charge < -0.3 is 9.64 Å². The van der Waals surface area contributed by atoms with Crippen LogP contribution in [0.15, 0.2) is 24.3 Å². The van der Waals surface area contributed by atoms with Crippen molar-refractivity contribution in [3.8, 4) is 0 Å². The van der Waals surface area contributed by atoms with Gasteiger partial charge in [-0.3, -0.25) is 13.9 Å². The number of sulfonamides is 1. The lowest BCUT2D eigenvalue weighted by Gasteiger charge is -2.31. The number of carbonyl (C=O) groups excluding carboxylic acids is 2. The van der Waals surface area contributed by atoms with E-state index in [4.69, 9.17) is 16.3 Å². The molecule has 156 valence electrons. The van der Waals surface area contributed by atoms with Crippen molar-refractivity contribution in [3.05, 3.63) is 29.3 Å². The molecule has 1 aliphatic rings. The minimum Gasteiger partial charge on any atom is -0.466 e. The van der Waals surface area contributed by atoms with E-state index >= 15 is 0 Å². The molecule has 1 heterocycles. The smallest absolute Gasteiger partial charge is 0.309 e. The topological polar surface area (TPSA) is 84.0 Å². The van der Waals surface area contributed by atoms with Crippen LogP contribution in [0.2, 0.25) is 5.02 Å². The van der Waals surface area contributed by atoms with Gasteiger partial charge in [0.25, 0.3) is 0 Å². The third kappa shape index (κ3) is 6.38. The van der Waals surface area contributed by atoms with E-state index in [-0.39, 0.29) is 30.8 Å². The predicted octanol–water partition coefficient (Wildman–Crippen LogP) is 2.69. The predicted molar refractivity (Wildman–Crippen MR) is 109 cm³/mol. The van der Waals surface area contributed by atoms with E-state index in [1.807, 2.05) is 0 Å². The molecular weight excluding hydrogens is 404 g/mol. The van der Waals surface area contributed by atoms with Gasteiger partial charge in [-0.2, -0.15) is 0 Å². The number of nitrogens with zero attached hydrogens (tertiary/aromatic N) is 2. The summed E-state index contributed by atoms with van der Waals surface area (Å²) >= 11 is 5.86. The highest BCUT2D eigenvalue weighted by Crippen LogP contribution is 2.22. The lowest BCUT2D eigenvalue weighted by atomic mass is 9.97. The normalized spacial score (nSPS) is 15.3. The first kappa shape index (κ1) is 22.5. The maximum Gasteiger partial charge on any atom is 0.309 e. The van der Waals surface area contributed by atoms with Crippen LogP contribution in [0.1, 0.15) is 32.6 Å². The molecule has 1 aliphatic heterocycles. The summed E-state index contributed by atoms with van der Waals surface area (Å²) in [5, 5.41) is 0.526. The average molecular weight is 431 g/mol. The molecule has 1 saturated heterocycles. The number of hydrogen-bond donors (Lipinski definition) is 0. The van der Waals surface area contributed by atoms with Crippen molar-refractivity contribution in [1.29, 1.82) is 0 Å². The molecule has 0 aliphatic carbocycles. The highest BCUT2D eigenvalue weighted by molar-refractivity contribution is 7.92. The molecular formula is C19H27ClN2O5S. The first-order valence-corrected chi connectivity index (χ1v) is 11.6. The summed E-state index contributed by atoms with van der Waals surface area (Å²) in [5.74, 6) is -0.358. The van der Waals surface area contributed by atoms with E-state index in [1.54, 1.807) is 36.1 Å². The zero-order chi connectivity index (χ0) is 20.7. The van der Waals surface area contributed by atoms with Crippen LogP contribution in [0.25, 0.3) is 0 Å². The summed E-state index contributed by atoms with van der Waals surface area (Å²) in [7, 11) is -3.46. The average Bonchev–Trinajstić information content (AvgIpc) is 2.65. The number of carbonyl (C=O) groups is 2. The summed E-state index contributed by atoms with van der Waals surface area (Å²) in [4.78, 5) is 26.0. The van der Waals surface area contributed by atoms with E-state index in [0.29, 0.717) is 49.7 Å². The van der Waals surface area contributed by atoms with E-state index in [2.05, 4.69) is 0 Å². The number of ether oxygens (including phenoxy) is 1. The van der Waals surface area contributed by atoms with Gasteiger partial charge in [0.1, 0.15) is 0 Å². The van der Waals surface area contributed by atoms with Crippen molar-refractivity contribution in [2.45, 2.75) is 32.6 Å². The summed E-state index contributed by atoms with van der Waals surface area (Å²) in [6, 6.07) is 6.55. The van der Waals surface area contributed by atoms with Crippen LogP contribution in [0.5, 0.6) is 0 Å². The summed E-state index contributed by atoms with van der Waals surface area (Å²) in [6.45, 7) is 3.40. The molecule has 7 nitrogen and oxygen atoms in total. The number of likely N-dealkylation sites (tertiary alicyclic amines) is 1. The Labute approximate surface area is 171 Å². The van der Waals surface area contributed by atoms with Crippen molar-refractivity contribution in [2.24, 2.45) is 5.92 Å². The van der Waals surface area contributed by atoms with Crippen LogP contribution in [-0.2, 0) is 24.3 Å². The quantitative estimate of drug-likeness (QED) is 0.592. The highest BCUT2D eigenvalue weighted by Gasteiger charge is 2.28. The van der Waals surface area contributed by atoms with Crippen LogP contribution in [-0.4, -0.2) is 57.7 Å². The third-order valence-electron chi connectivity index (χ3n) is 4.73. The second kappa shape index (κ2) is 10.1. The number of anilines is 1. The molecule has 0 bridgehead atoms. The molecule has 0 radical (unpaired) electrons. The molecule has 9 heteroatoms. The SMILES string of the molecule is CCOC(=O)C1CCN(C(=O)CCCN(c2ccc(Cl)cc2)S(C)(=O)=O)CC1. The van der Waals surface area contributed by atoms with Crippen molar-refractivity contribution in [2.75, 3.05) is 36.8 Å². The Hall–Kier alpha value is -1.80. The van der Waals surface area contributed by atoms with Gasteiger partial charge in [0.15, 0.2) is 0 Å². The number of halogens is 1. The lowest BCUT2D eigenvalue weighted by molar-refractivity contribution is -0.151. The van der Waals surface area contributed by atoms with Crippen LogP contribution < -0.4 is 4.31 Å². The molecule has 0 N–H and O–H groups in total. The van der Waals surface area contributed by atoms with Gasteiger partial charge in [-0.15, -0.1) is 0 Å². The minimum absolute atomic E-state index is 0.0214. The molecule has 1 aromatic rings. The molecule has 1 aromatic carbocycles. The number of benzene rings is 1. The first-order chi connectivity index (χ1) is 13.2. The van der Waals surface area contributed by atoms with Gasteiger partial charge in [0.05, 0.1) is 24.5 Å². The lowest BCUT2D eigenvalue weighted by Crippen LogP contribution is -2.41. The van der Waals surface area contributed by atoms with Gasteiger partial charge in [-0.25, -0.2) is 8.42 Å². The second-order valence-corrected chi connectivity index (χ2v) is 9.17. The molecule has 1 fully saturated rings. The molecule has 0 spiro atoms. The molecule has 1 amide bonds. The maximum absolute atomic E-state index is 12.4. The third-order valence-corrected chi connectivity index (χ3v) is 6.18. The Morgan fingerprint density at radius 3 is 2.36 bits per heavy atom. The Balaban J connectivity index is 1.85. The Morgan fingerprint density at radius 1 is 1.21 bits per heavy atom. The van der Waals surface area contributed by atoms with Crippen molar-refractivity contribution in [1.82, 2.24) is 4.90 Å². The summed E-state index contributed by atoms with van der Waals surface area (Å²) in [5.41, 5.74) is 0.523. The van der Waals surface area contributed by atoms with Gasteiger partial charge in [0, 0.05) is 31.1 Å². The molecule has 2 rings (SSSR count). The number of rotatable bonds is 8. The number of esters is 1. The number of piperidine rings is 1. The molecule has 0 aromatic heterocycles. The second-order valence-electron chi connectivity index (χ2n) is 6.82. The number of amides is 1. The standard InChI is InChI=1S/C19H27ClN2O5S/c1-3-27-19(24)15-10-13-21(14-11-15)18(23)5-4-12-22(28(2,25)26)17-8-6-16(20)7-9-17/h6-9,15H,3-5,10-14H2,1-2H3. The van der Waals surface area contributed by atoms with E-state index in [9.17, 15) is 18.0 Å². The highest BCUT2D eigenvalue weighted by atomic mass is 35.5. The van der Waals surface area contributed by atoms with Gasteiger partial charge in [-0.05, 0) is 50.5 Å². The number of hydrogen-bond acceptors (Lipinski definition) is 5. The Kier molecular flexibility index (Phi) is 8.12. The van der Waals surface area contributed by atoms with Crippen molar-refractivity contribution in [3.63, 3.8) is 0 Å². The van der Waals surface area contributed by atoms with Crippen LogP contribution >= 0.6 is 11.6 Å². The van der Waals surface area contributed by atoms with Gasteiger partial charge in [-0.1, -0.05) is 11.6 Å². The van der Waals surface area contributed by atoms with Gasteiger partial charge >= 0.3 is 5.97 Å². The molecule has 0 saturated carbocycles. The van der Waals surface area contributed by atoms with Crippen LogP contribution in [0.4, 0.5) is 5.69 Å². The zero-order valence-electron chi connectivity index (χ0n) is 16.3. The van der Waals surface area contributed by atoms with E-state index < -0.39 is 10.0 Å². The first-order valence-electron chi connectivity index (χ1n) is 9.40. The fraction of sp³-hybridized carbons (Fsp3) is 0.579. The fourth-order valence-electron chi connectivity index (χ4n) is 3.25. The molecule has 0 unspecified atom stereocenters. The minimum atomic E-state index is -3.46. The Bertz CT molecular complexity index is 774. The van der Waals surface area contributed by atoms with Crippen molar-refractivity contribution < 1.29 is 22.7 Å². The fourth-order valence-corrected chi connectivity index (χ4v) is 4.34. The van der Waals surface area contributed by atoms with Crippen LogP contribution in [0.3, 0.4) is 0 Å². The van der Waals surface area contributed by atoms with E-state index in [1.165, 1.54) is 4.31 Å². The monoisotopic (exact) mass is 430 g/mol. The maximum atomic E-state index is 12.4. The zero-order valence-corrected chi connectivity index (χ0v) is 17.8. The largest absolute Gasteiger partial charge is 0.466 e. The molecule has 0 atom stereocenters. The Morgan fingerprint density at radius 2 is 1.82 bits per heavy atom. The summed E-state index contributed by atoms with van der Waals surface area (Å²) < 4.78 is 30.5. The van der Waals surface area contributed by atoms with E-state index in [0.717, 1.165) is 6.26 Å². The molecule has 28 heavy (non-hydrogen) atoms. The summed E-state index contributed by atoms with van der Waals surface area (Å²) in [6.07, 6.45) is 3.01.